The van der Waals surface area contributed by atoms with Gasteiger partial charge >= 0.3 is 0 Å². The Kier molecular flexibility index (Phi) is 7.14. The molecular weight excluding hydrogens is 613 g/mol. The predicted molar refractivity (Wildman–Crippen MR) is 158 cm³/mol. The van der Waals surface area contributed by atoms with Crippen LogP contribution in [0, 0.1) is 5.82 Å². The Hall–Kier alpha value is -4.66. The first-order valence-electron chi connectivity index (χ1n) is 14.3. The van der Waals surface area contributed by atoms with Gasteiger partial charge in [0.1, 0.15) is 23.5 Å². The van der Waals surface area contributed by atoms with E-state index in [9.17, 15) is 26.4 Å². The number of hydrogen-bond donors (Lipinski definition) is 1. The number of fused-ring (bicyclic) bond motifs is 3. The van der Waals surface area contributed by atoms with E-state index in [-0.39, 0.29) is 24.8 Å². The van der Waals surface area contributed by atoms with E-state index in [0.717, 1.165) is 23.2 Å². The lowest BCUT2D eigenvalue weighted by molar-refractivity contribution is 0.0949. The molecular formula is C30H27F3N6O5S. The van der Waals surface area contributed by atoms with E-state index >= 15 is 0 Å². The number of rotatable bonds is 5. The maximum atomic E-state index is 14.7. The largest absolute Gasteiger partial charge is 0.489 e. The maximum absolute atomic E-state index is 14.7. The zero-order valence-corrected chi connectivity index (χ0v) is 24.7. The molecule has 4 aromatic rings. The van der Waals surface area contributed by atoms with E-state index in [1.54, 1.807) is 18.5 Å². The van der Waals surface area contributed by atoms with Crippen LogP contribution in [0.3, 0.4) is 0 Å². The van der Waals surface area contributed by atoms with Gasteiger partial charge < -0.3 is 24.6 Å². The molecule has 234 valence electrons. The number of hydrogen-bond acceptors (Lipinski definition) is 10. The lowest BCUT2D eigenvalue weighted by Crippen LogP contribution is -2.56. The van der Waals surface area contributed by atoms with Crippen LogP contribution in [0.1, 0.15) is 29.4 Å². The third-order valence-corrected chi connectivity index (χ3v) is 10.0. The number of amides is 1. The Morgan fingerprint density at radius 3 is 2.73 bits per heavy atom. The number of halogens is 3. The zero-order valence-electron chi connectivity index (χ0n) is 23.9. The van der Waals surface area contributed by atoms with Crippen LogP contribution in [0.25, 0.3) is 10.9 Å². The van der Waals surface area contributed by atoms with Crippen LogP contribution in [0.2, 0.25) is 0 Å². The highest BCUT2D eigenvalue weighted by molar-refractivity contribution is 7.92. The summed E-state index contributed by atoms with van der Waals surface area (Å²) in [5.41, 5.74) is -0.752. The van der Waals surface area contributed by atoms with Crippen LogP contribution >= 0.6 is 0 Å². The van der Waals surface area contributed by atoms with E-state index in [1.807, 2.05) is 34.9 Å². The molecule has 3 aliphatic heterocycles. The number of anilines is 3. The highest BCUT2D eigenvalue weighted by Gasteiger charge is 2.37. The van der Waals surface area contributed by atoms with Gasteiger partial charge in [-0.3, -0.25) is 9.78 Å². The molecule has 3 atom stereocenters. The second-order valence-electron chi connectivity index (χ2n) is 11.0. The molecule has 1 amide bonds. The number of nitrogens with one attached hydrogen (secondary N) is 1. The molecule has 3 aliphatic rings. The molecule has 0 aliphatic carbocycles. The first kappa shape index (κ1) is 29.1. The normalized spacial score (nSPS) is 21.9. The monoisotopic (exact) mass is 640 g/mol. The first-order valence-corrected chi connectivity index (χ1v) is 15.8. The van der Waals surface area contributed by atoms with E-state index < -0.39 is 50.3 Å². The standard InChI is InChI=1S/C30H27F3N6O5S/c1-16-22(32)15-39(16)20-11-24-29(35-14-20)38(5-7-43-24)27-3-2-17-12-34-19(10-23(17)37-27)13-36-30(40)18-8-21(31)28-25(9-18)45(41,42)26(33)4-6-44-28/h2-3,8-12,14,16,22,26H,4-7,13,15H2,1H3,(H,36,40)/t16-,22+,26+/m0/s1. The number of pyridine rings is 3. The number of nitrogens with zero attached hydrogens (tertiary/aromatic N) is 5. The van der Waals surface area contributed by atoms with Gasteiger partial charge in [-0.25, -0.2) is 31.6 Å². The van der Waals surface area contributed by atoms with Gasteiger partial charge in [0.2, 0.25) is 15.3 Å². The van der Waals surface area contributed by atoms with Crippen LogP contribution in [0.5, 0.6) is 11.5 Å². The SMILES string of the molecule is C[C@H]1[C@H](F)CN1c1cnc2c(c1)OCCN2c1ccc2cnc(CNC(=O)c3cc(F)c4c(c3)S(=O)(=O)[C@@H](F)CCO4)cc2n1. The molecule has 0 saturated carbocycles. The van der Waals surface area contributed by atoms with Crippen molar-refractivity contribution in [1.82, 2.24) is 20.3 Å². The third kappa shape index (κ3) is 5.14. The topological polar surface area (TPSA) is 127 Å². The summed E-state index contributed by atoms with van der Waals surface area (Å²) in [6.07, 6.45) is 1.98. The van der Waals surface area contributed by atoms with Crippen molar-refractivity contribution < 1.29 is 35.9 Å². The van der Waals surface area contributed by atoms with Crippen LogP contribution in [-0.4, -0.2) is 73.3 Å². The van der Waals surface area contributed by atoms with Crippen molar-refractivity contribution in [3.05, 3.63) is 65.9 Å². The quantitative estimate of drug-likeness (QED) is 0.342. The van der Waals surface area contributed by atoms with Gasteiger partial charge in [0.15, 0.2) is 23.1 Å². The predicted octanol–water partition coefficient (Wildman–Crippen LogP) is 4.02. The zero-order chi connectivity index (χ0) is 31.5. The summed E-state index contributed by atoms with van der Waals surface area (Å²) in [5, 5.41) is 3.35. The van der Waals surface area contributed by atoms with Crippen LogP contribution < -0.4 is 24.6 Å². The summed E-state index contributed by atoms with van der Waals surface area (Å²) in [6, 6.07) is 8.80. The first-order chi connectivity index (χ1) is 21.6. The summed E-state index contributed by atoms with van der Waals surface area (Å²) >= 11 is 0. The molecule has 1 N–H and O–H groups in total. The lowest BCUT2D eigenvalue weighted by Gasteiger charge is -2.43. The number of sulfone groups is 1. The second-order valence-corrected chi connectivity index (χ2v) is 13.1. The van der Waals surface area contributed by atoms with Gasteiger partial charge in [0.25, 0.3) is 5.91 Å². The Labute approximate surface area is 255 Å². The van der Waals surface area contributed by atoms with Crippen molar-refractivity contribution in [2.75, 3.05) is 36.1 Å². The molecule has 1 aromatic carbocycles. The van der Waals surface area contributed by atoms with Crippen molar-refractivity contribution >= 4 is 44.0 Å². The minimum absolute atomic E-state index is 0.0756. The van der Waals surface area contributed by atoms with E-state index in [0.29, 0.717) is 48.3 Å². The van der Waals surface area contributed by atoms with Gasteiger partial charge in [-0.2, -0.15) is 0 Å². The Morgan fingerprint density at radius 1 is 1.09 bits per heavy atom. The summed E-state index contributed by atoms with van der Waals surface area (Å²) in [5.74, 6) is -0.671. The summed E-state index contributed by atoms with van der Waals surface area (Å²) < 4.78 is 78.8. The Morgan fingerprint density at radius 2 is 1.93 bits per heavy atom. The smallest absolute Gasteiger partial charge is 0.251 e. The van der Waals surface area contributed by atoms with Crippen LogP contribution in [-0.2, 0) is 16.4 Å². The molecule has 11 nitrogen and oxygen atoms in total. The Bertz CT molecular complexity index is 1950. The highest BCUT2D eigenvalue weighted by Crippen LogP contribution is 2.39. The number of carbonyl (C=O) groups excluding carboxylic acids is 1. The van der Waals surface area contributed by atoms with Crippen molar-refractivity contribution in [2.45, 2.75) is 42.5 Å². The third-order valence-electron chi connectivity index (χ3n) is 8.19. The van der Waals surface area contributed by atoms with Crippen LogP contribution in [0.4, 0.5) is 30.5 Å². The van der Waals surface area contributed by atoms with E-state index in [1.165, 1.54) is 0 Å². The minimum atomic E-state index is -4.53. The molecule has 0 bridgehead atoms. The highest BCUT2D eigenvalue weighted by atomic mass is 32.2. The maximum Gasteiger partial charge on any atom is 0.251 e. The number of aromatic nitrogens is 3. The average Bonchev–Trinajstić information content (AvgIpc) is 3.16. The molecule has 0 radical (unpaired) electrons. The minimum Gasteiger partial charge on any atom is -0.489 e. The van der Waals surface area contributed by atoms with E-state index in [2.05, 4.69) is 15.3 Å². The summed E-state index contributed by atoms with van der Waals surface area (Å²) in [7, 11) is -4.53. The molecule has 3 aromatic heterocycles. The number of benzene rings is 1. The number of alkyl halides is 2. The van der Waals surface area contributed by atoms with E-state index in [4.69, 9.17) is 14.5 Å². The molecule has 1 saturated heterocycles. The fourth-order valence-corrected chi connectivity index (χ4v) is 6.93. The molecule has 0 spiro atoms. The molecule has 1 fully saturated rings. The fourth-order valence-electron chi connectivity index (χ4n) is 5.54. The van der Waals surface area contributed by atoms with Gasteiger partial charge in [-0.1, -0.05) is 0 Å². The average molecular weight is 641 g/mol. The van der Waals surface area contributed by atoms with Gasteiger partial charge in [0.05, 0.1) is 55.4 Å². The summed E-state index contributed by atoms with van der Waals surface area (Å²) in [6.45, 7) is 2.65. The van der Waals surface area contributed by atoms with Crippen molar-refractivity contribution in [2.24, 2.45) is 0 Å². The van der Waals surface area contributed by atoms with Gasteiger partial charge in [-0.05, 0) is 37.3 Å². The number of carbonyl (C=O) groups is 1. The molecule has 6 heterocycles. The molecule has 0 unspecified atom stereocenters. The fraction of sp³-hybridized carbons (Fsp3) is 0.333. The Balaban J connectivity index is 1.10. The molecule has 7 rings (SSSR count). The molecule has 15 heteroatoms. The van der Waals surface area contributed by atoms with Gasteiger partial charge in [0, 0.05) is 29.6 Å². The number of ether oxygens (including phenoxy) is 2. The second kappa shape index (κ2) is 11.1. The molecule has 45 heavy (non-hydrogen) atoms. The van der Waals surface area contributed by atoms with Crippen molar-refractivity contribution in [3.63, 3.8) is 0 Å². The van der Waals surface area contributed by atoms with Crippen LogP contribution in [0.15, 0.2) is 53.7 Å². The van der Waals surface area contributed by atoms with Gasteiger partial charge in [-0.15, -0.1) is 0 Å². The lowest BCUT2D eigenvalue weighted by atomic mass is 10.0. The summed E-state index contributed by atoms with van der Waals surface area (Å²) in [4.78, 5) is 29.8. The van der Waals surface area contributed by atoms with Crippen molar-refractivity contribution in [1.29, 1.82) is 0 Å². The van der Waals surface area contributed by atoms with Crippen molar-refractivity contribution in [3.8, 4) is 11.5 Å².